The van der Waals surface area contributed by atoms with Gasteiger partial charge in [-0.15, -0.1) is 5.10 Å². The van der Waals surface area contributed by atoms with Crippen molar-refractivity contribution in [2.24, 2.45) is 0 Å². The van der Waals surface area contributed by atoms with Gasteiger partial charge in [0.25, 0.3) is 5.91 Å². The highest BCUT2D eigenvalue weighted by Crippen LogP contribution is 2.18. The molecule has 2 aromatic heterocycles. The van der Waals surface area contributed by atoms with Crippen LogP contribution in [0.4, 0.5) is 17.5 Å². The van der Waals surface area contributed by atoms with Gasteiger partial charge in [-0.2, -0.15) is 10.1 Å². The second kappa shape index (κ2) is 7.45. The van der Waals surface area contributed by atoms with Crippen molar-refractivity contribution in [3.8, 4) is 0 Å². The molecule has 27 heavy (non-hydrogen) atoms. The second-order valence-corrected chi connectivity index (χ2v) is 6.39. The van der Waals surface area contributed by atoms with E-state index >= 15 is 0 Å². The van der Waals surface area contributed by atoms with Crippen molar-refractivity contribution < 1.29 is 9.21 Å². The maximum absolute atomic E-state index is 12.3. The van der Waals surface area contributed by atoms with Gasteiger partial charge in [-0.25, -0.2) is 0 Å². The maximum Gasteiger partial charge on any atom is 0.289 e. The van der Waals surface area contributed by atoms with Gasteiger partial charge in [-0.05, 0) is 36.8 Å². The van der Waals surface area contributed by atoms with Crippen LogP contribution >= 0.6 is 0 Å². The monoisotopic (exact) mass is 364 g/mol. The van der Waals surface area contributed by atoms with E-state index in [9.17, 15) is 4.79 Å². The zero-order valence-electron chi connectivity index (χ0n) is 15.0. The summed E-state index contributed by atoms with van der Waals surface area (Å²) >= 11 is 0. The highest BCUT2D eigenvalue weighted by atomic mass is 16.3. The SMILES string of the molecule is Cc1cccc(Nc2cnnc(N3CCN(C(=O)c4ccco4)CC3)n2)c1. The van der Waals surface area contributed by atoms with Crippen LogP contribution in [0.2, 0.25) is 0 Å². The first-order chi connectivity index (χ1) is 13.2. The first-order valence-corrected chi connectivity index (χ1v) is 8.80. The molecule has 138 valence electrons. The molecule has 1 amide bonds. The van der Waals surface area contributed by atoms with Crippen LogP contribution in [0.25, 0.3) is 0 Å². The average Bonchev–Trinajstić information content (AvgIpc) is 3.23. The molecule has 1 aliphatic rings. The van der Waals surface area contributed by atoms with Crippen LogP contribution in [-0.4, -0.2) is 52.2 Å². The number of carbonyl (C=O) groups is 1. The lowest BCUT2D eigenvalue weighted by Gasteiger charge is -2.34. The summed E-state index contributed by atoms with van der Waals surface area (Å²) in [5, 5.41) is 11.5. The molecule has 4 rings (SSSR count). The molecule has 3 aromatic rings. The van der Waals surface area contributed by atoms with Crippen molar-refractivity contribution in [3.05, 3.63) is 60.2 Å². The number of piperazine rings is 1. The van der Waals surface area contributed by atoms with E-state index < -0.39 is 0 Å². The van der Waals surface area contributed by atoms with Gasteiger partial charge in [0, 0.05) is 31.9 Å². The Kier molecular flexibility index (Phi) is 4.69. The molecule has 8 heteroatoms. The van der Waals surface area contributed by atoms with Crippen molar-refractivity contribution in [1.82, 2.24) is 20.1 Å². The van der Waals surface area contributed by atoms with E-state index in [1.54, 1.807) is 23.2 Å². The Morgan fingerprint density at radius 1 is 1.15 bits per heavy atom. The van der Waals surface area contributed by atoms with Gasteiger partial charge in [0.15, 0.2) is 11.6 Å². The minimum atomic E-state index is -0.0893. The smallest absolute Gasteiger partial charge is 0.289 e. The summed E-state index contributed by atoms with van der Waals surface area (Å²) in [6.45, 7) is 4.49. The van der Waals surface area contributed by atoms with Gasteiger partial charge in [-0.1, -0.05) is 12.1 Å². The summed E-state index contributed by atoms with van der Waals surface area (Å²) in [6, 6.07) is 11.5. The molecular weight excluding hydrogens is 344 g/mol. The molecule has 1 N–H and O–H groups in total. The summed E-state index contributed by atoms with van der Waals surface area (Å²) < 4.78 is 5.19. The molecule has 0 spiro atoms. The molecule has 1 fully saturated rings. The van der Waals surface area contributed by atoms with Crippen molar-refractivity contribution in [3.63, 3.8) is 0 Å². The van der Waals surface area contributed by atoms with Crippen LogP contribution in [0, 0.1) is 6.92 Å². The molecule has 1 saturated heterocycles. The zero-order chi connectivity index (χ0) is 18.6. The summed E-state index contributed by atoms with van der Waals surface area (Å²) in [6.07, 6.45) is 3.11. The number of aromatic nitrogens is 3. The Bertz CT molecular complexity index is 919. The Morgan fingerprint density at radius 2 is 2.00 bits per heavy atom. The number of furan rings is 1. The minimum Gasteiger partial charge on any atom is -0.459 e. The van der Waals surface area contributed by atoms with Crippen LogP contribution in [-0.2, 0) is 0 Å². The predicted octanol–water partition coefficient (Wildman–Crippen LogP) is 2.48. The molecule has 8 nitrogen and oxygen atoms in total. The summed E-state index contributed by atoms with van der Waals surface area (Å²) in [5.41, 5.74) is 2.12. The van der Waals surface area contributed by atoms with E-state index in [-0.39, 0.29) is 5.91 Å². The third kappa shape index (κ3) is 3.89. The lowest BCUT2D eigenvalue weighted by molar-refractivity contribution is 0.0714. The Morgan fingerprint density at radius 3 is 2.74 bits per heavy atom. The van der Waals surface area contributed by atoms with E-state index in [0.717, 1.165) is 5.69 Å². The van der Waals surface area contributed by atoms with Gasteiger partial charge in [0.05, 0.1) is 12.5 Å². The lowest BCUT2D eigenvalue weighted by atomic mass is 10.2. The maximum atomic E-state index is 12.3. The highest BCUT2D eigenvalue weighted by molar-refractivity contribution is 5.91. The van der Waals surface area contributed by atoms with Gasteiger partial charge < -0.3 is 19.5 Å². The molecule has 0 aliphatic carbocycles. The molecule has 3 heterocycles. The molecular formula is C19H20N6O2. The lowest BCUT2D eigenvalue weighted by Crippen LogP contribution is -2.49. The number of amides is 1. The molecule has 1 aliphatic heterocycles. The van der Waals surface area contributed by atoms with Crippen molar-refractivity contribution >= 4 is 23.4 Å². The van der Waals surface area contributed by atoms with Crippen molar-refractivity contribution in [2.75, 3.05) is 36.4 Å². The second-order valence-electron chi connectivity index (χ2n) is 6.39. The molecule has 1 aromatic carbocycles. The van der Waals surface area contributed by atoms with Crippen molar-refractivity contribution in [2.45, 2.75) is 6.92 Å². The number of nitrogens with one attached hydrogen (secondary N) is 1. The summed E-state index contributed by atoms with van der Waals surface area (Å²) in [7, 11) is 0. The van der Waals surface area contributed by atoms with E-state index in [4.69, 9.17) is 4.42 Å². The molecule has 0 unspecified atom stereocenters. The van der Waals surface area contributed by atoms with E-state index in [1.165, 1.54) is 11.8 Å². The third-order valence-electron chi connectivity index (χ3n) is 4.42. The van der Waals surface area contributed by atoms with Crippen molar-refractivity contribution in [1.29, 1.82) is 0 Å². The quantitative estimate of drug-likeness (QED) is 0.761. The Balaban J connectivity index is 1.40. The number of hydrogen-bond donors (Lipinski definition) is 1. The number of anilines is 3. The number of aryl methyl sites for hydroxylation is 1. The number of benzene rings is 1. The normalized spacial score (nSPS) is 14.3. The van der Waals surface area contributed by atoms with Crippen LogP contribution in [0.5, 0.6) is 0 Å². The van der Waals surface area contributed by atoms with Crippen LogP contribution in [0.15, 0.2) is 53.3 Å². The van der Waals surface area contributed by atoms with Gasteiger partial charge in [-0.3, -0.25) is 4.79 Å². The standard InChI is InChI=1S/C19H20N6O2/c1-14-4-2-5-15(12-14)21-17-13-20-23-19(22-17)25-9-7-24(8-10-25)18(26)16-6-3-11-27-16/h2-6,11-13H,7-10H2,1H3,(H,21,22,23). The van der Waals surface area contributed by atoms with Gasteiger partial charge >= 0.3 is 0 Å². The van der Waals surface area contributed by atoms with Crippen LogP contribution < -0.4 is 10.2 Å². The first kappa shape index (κ1) is 17.0. The molecule has 0 atom stereocenters. The highest BCUT2D eigenvalue weighted by Gasteiger charge is 2.25. The predicted molar refractivity (Wildman–Crippen MR) is 101 cm³/mol. The first-order valence-electron chi connectivity index (χ1n) is 8.80. The number of hydrogen-bond acceptors (Lipinski definition) is 7. The zero-order valence-corrected chi connectivity index (χ0v) is 15.0. The number of carbonyl (C=O) groups excluding carboxylic acids is 1. The van der Waals surface area contributed by atoms with E-state index in [1.807, 2.05) is 36.1 Å². The number of nitrogens with zero attached hydrogens (tertiary/aromatic N) is 5. The fourth-order valence-electron chi connectivity index (χ4n) is 3.02. The molecule has 0 saturated carbocycles. The van der Waals surface area contributed by atoms with E-state index in [0.29, 0.717) is 43.7 Å². The molecule has 0 radical (unpaired) electrons. The summed E-state index contributed by atoms with van der Waals surface area (Å²) in [5.74, 6) is 1.47. The van der Waals surface area contributed by atoms with E-state index in [2.05, 4.69) is 20.5 Å². The third-order valence-corrected chi connectivity index (χ3v) is 4.42. The average molecular weight is 364 g/mol. The van der Waals surface area contributed by atoms with Gasteiger partial charge in [0.2, 0.25) is 5.95 Å². The van der Waals surface area contributed by atoms with Crippen LogP contribution in [0.3, 0.4) is 0 Å². The largest absolute Gasteiger partial charge is 0.459 e. The van der Waals surface area contributed by atoms with Crippen LogP contribution in [0.1, 0.15) is 16.1 Å². The topological polar surface area (TPSA) is 87.4 Å². The fraction of sp³-hybridized carbons (Fsp3) is 0.263. The fourth-order valence-corrected chi connectivity index (χ4v) is 3.02. The molecule has 0 bridgehead atoms. The number of rotatable bonds is 4. The van der Waals surface area contributed by atoms with Gasteiger partial charge in [0.1, 0.15) is 0 Å². The summed E-state index contributed by atoms with van der Waals surface area (Å²) in [4.78, 5) is 20.7. The Labute approximate surface area is 156 Å². The minimum absolute atomic E-state index is 0.0893. The Hall–Kier alpha value is -3.42.